The first kappa shape index (κ1) is 15.6. The Morgan fingerprint density at radius 3 is 1.82 bits per heavy atom. The molecule has 112 valence electrons. The maximum atomic E-state index is 12.8. The number of carbonyl (C=O) groups is 3. The van der Waals surface area contributed by atoms with Crippen LogP contribution in [0.2, 0.25) is 0 Å². The second kappa shape index (κ2) is 6.80. The molecule has 2 aromatic rings. The lowest BCUT2D eigenvalue weighted by Gasteiger charge is -2.21. The van der Waals surface area contributed by atoms with Gasteiger partial charge in [0.05, 0.1) is 5.92 Å². The van der Waals surface area contributed by atoms with Crippen molar-refractivity contribution >= 4 is 17.5 Å². The van der Waals surface area contributed by atoms with Crippen molar-refractivity contribution < 1.29 is 19.5 Å². The lowest BCUT2D eigenvalue weighted by Crippen LogP contribution is -2.33. The fourth-order valence-electron chi connectivity index (χ4n) is 2.49. The number of rotatable bonds is 6. The monoisotopic (exact) mass is 296 g/mol. The first-order chi connectivity index (χ1) is 10.5. The largest absolute Gasteiger partial charge is 0.481 e. The fourth-order valence-corrected chi connectivity index (χ4v) is 2.49. The molecule has 2 atom stereocenters. The van der Waals surface area contributed by atoms with Crippen molar-refractivity contribution in [3.63, 3.8) is 0 Å². The Labute approximate surface area is 128 Å². The van der Waals surface area contributed by atoms with Gasteiger partial charge in [0.25, 0.3) is 0 Å². The van der Waals surface area contributed by atoms with E-state index in [-0.39, 0.29) is 5.78 Å². The zero-order valence-corrected chi connectivity index (χ0v) is 12.1. The third-order valence-electron chi connectivity index (χ3n) is 3.54. The van der Waals surface area contributed by atoms with E-state index < -0.39 is 23.6 Å². The summed E-state index contributed by atoms with van der Waals surface area (Å²) in [5.74, 6) is -4.61. The maximum absolute atomic E-state index is 12.8. The fraction of sp³-hybridized carbons (Fsp3) is 0.167. The van der Waals surface area contributed by atoms with Crippen LogP contribution in [0.1, 0.15) is 28.8 Å². The van der Waals surface area contributed by atoms with Gasteiger partial charge in [0.2, 0.25) is 0 Å². The molecule has 0 bridgehead atoms. The van der Waals surface area contributed by atoms with Gasteiger partial charge in [-0.15, -0.1) is 0 Å². The Bertz CT molecular complexity index is 663. The molecular formula is C18H16O4. The van der Waals surface area contributed by atoms with Crippen LogP contribution < -0.4 is 0 Å². The SMILES string of the molecule is CC(=O)C(C(=O)O)C(C(=O)c1ccccc1)c1ccccc1. The Kier molecular flexibility index (Phi) is 4.84. The van der Waals surface area contributed by atoms with Gasteiger partial charge in [0.1, 0.15) is 11.7 Å². The van der Waals surface area contributed by atoms with Crippen LogP contribution in [0.25, 0.3) is 0 Å². The van der Waals surface area contributed by atoms with Crippen molar-refractivity contribution in [1.29, 1.82) is 0 Å². The zero-order chi connectivity index (χ0) is 16.1. The molecule has 0 aliphatic carbocycles. The number of Topliss-reactive ketones (excluding diaryl/α,β-unsaturated/α-hetero) is 2. The smallest absolute Gasteiger partial charge is 0.315 e. The summed E-state index contributed by atoms with van der Waals surface area (Å²) in [4.78, 5) is 36.1. The molecule has 1 N–H and O–H groups in total. The van der Waals surface area contributed by atoms with Crippen molar-refractivity contribution in [2.75, 3.05) is 0 Å². The van der Waals surface area contributed by atoms with E-state index in [9.17, 15) is 19.5 Å². The van der Waals surface area contributed by atoms with E-state index in [2.05, 4.69) is 0 Å². The number of hydrogen-bond donors (Lipinski definition) is 1. The van der Waals surface area contributed by atoms with Crippen LogP contribution in [-0.2, 0) is 9.59 Å². The van der Waals surface area contributed by atoms with Crippen LogP contribution in [0.5, 0.6) is 0 Å². The van der Waals surface area contributed by atoms with Crippen LogP contribution in [0, 0.1) is 5.92 Å². The van der Waals surface area contributed by atoms with Gasteiger partial charge in [-0.25, -0.2) is 0 Å². The van der Waals surface area contributed by atoms with E-state index in [1.807, 2.05) is 0 Å². The predicted molar refractivity (Wildman–Crippen MR) is 81.8 cm³/mol. The van der Waals surface area contributed by atoms with Crippen LogP contribution in [0.4, 0.5) is 0 Å². The van der Waals surface area contributed by atoms with Crippen molar-refractivity contribution in [2.24, 2.45) is 5.92 Å². The number of benzene rings is 2. The topological polar surface area (TPSA) is 71.4 Å². The minimum atomic E-state index is -1.39. The first-order valence-corrected chi connectivity index (χ1v) is 6.90. The van der Waals surface area contributed by atoms with E-state index >= 15 is 0 Å². The van der Waals surface area contributed by atoms with Crippen LogP contribution in [0.3, 0.4) is 0 Å². The molecule has 2 aromatic carbocycles. The summed E-state index contributed by atoms with van der Waals surface area (Å²) in [6.07, 6.45) is 0. The van der Waals surface area contributed by atoms with Crippen molar-refractivity contribution in [2.45, 2.75) is 12.8 Å². The molecule has 0 aromatic heterocycles. The van der Waals surface area contributed by atoms with Gasteiger partial charge >= 0.3 is 5.97 Å². The minimum absolute atomic E-state index is 0.366. The molecule has 0 saturated carbocycles. The molecule has 2 rings (SSSR count). The Morgan fingerprint density at radius 2 is 1.36 bits per heavy atom. The van der Waals surface area contributed by atoms with Gasteiger partial charge in [-0.3, -0.25) is 14.4 Å². The number of carboxylic acid groups (broad SMARTS) is 1. The summed E-state index contributed by atoms with van der Waals surface area (Å²) in [6.45, 7) is 1.20. The van der Waals surface area contributed by atoms with Gasteiger partial charge in [-0.05, 0) is 12.5 Å². The summed E-state index contributed by atoms with van der Waals surface area (Å²) in [7, 11) is 0. The predicted octanol–water partition coefficient (Wildman–Crippen LogP) is 2.94. The normalized spacial score (nSPS) is 13.1. The number of ketones is 2. The van der Waals surface area contributed by atoms with Crippen molar-refractivity contribution in [3.8, 4) is 0 Å². The van der Waals surface area contributed by atoms with E-state index in [0.717, 1.165) is 0 Å². The number of carbonyl (C=O) groups excluding carboxylic acids is 2. The zero-order valence-electron chi connectivity index (χ0n) is 12.1. The third-order valence-corrected chi connectivity index (χ3v) is 3.54. The highest BCUT2D eigenvalue weighted by Crippen LogP contribution is 2.30. The average molecular weight is 296 g/mol. The molecular weight excluding hydrogens is 280 g/mol. The van der Waals surface area contributed by atoms with Crippen molar-refractivity contribution in [1.82, 2.24) is 0 Å². The van der Waals surface area contributed by atoms with Crippen LogP contribution in [-0.4, -0.2) is 22.6 Å². The second-order valence-electron chi connectivity index (χ2n) is 5.05. The standard InChI is InChI=1S/C18H16O4/c1-12(19)15(18(21)22)16(13-8-4-2-5-9-13)17(20)14-10-6-3-7-11-14/h2-11,15-16H,1H3,(H,21,22). The second-order valence-corrected chi connectivity index (χ2v) is 5.05. The summed E-state index contributed by atoms with van der Waals surface area (Å²) >= 11 is 0. The van der Waals surface area contributed by atoms with E-state index in [1.165, 1.54) is 6.92 Å². The Hall–Kier alpha value is -2.75. The molecule has 0 radical (unpaired) electrons. The summed E-state index contributed by atoms with van der Waals surface area (Å²) in [5, 5.41) is 9.40. The molecule has 0 aliphatic heterocycles. The van der Waals surface area contributed by atoms with E-state index in [4.69, 9.17) is 0 Å². The van der Waals surface area contributed by atoms with Gasteiger partial charge in [0, 0.05) is 5.56 Å². The van der Waals surface area contributed by atoms with Gasteiger partial charge in [-0.2, -0.15) is 0 Å². The number of carboxylic acids is 1. The van der Waals surface area contributed by atoms with E-state index in [0.29, 0.717) is 11.1 Å². The Balaban J connectivity index is 2.53. The molecule has 0 spiro atoms. The lowest BCUT2D eigenvalue weighted by atomic mass is 9.78. The molecule has 22 heavy (non-hydrogen) atoms. The molecule has 4 nitrogen and oxygen atoms in total. The highest BCUT2D eigenvalue weighted by molar-refractivity contribution is 6.09. The quantitative estimate of drug-likeness (QED) is 0.657. The summed E-state index contributed by atoms with van der Waals surface area (Å²) in [5.41, 5.74) is 0.919. The molecule has 0 fully saturated rings. The number of hydrogen-bond acceptors (Lipinski definition) is 3. The third kappa shape index (κ3) is 3.28. The van der Waals surface area contributed by atoms with Crippen LogP contribution >= 0.6 is 0 Å². The molecule has 0 aliphatic rings. The highest BCUT2D eigenvalue weighted by atomic mass is 16.4. The van der Waals surface area contributed by atoms with Gasteiger partial charge in [0.15, 0.2) is 5.78 Å². The molecule has 2 unspecified atom stereocenters. The average Bonchev–Trinajstić information content (AvgIpc) is 2.52. The molecule has 4 heteroatoms. The first-order valence-electron chi connectivity index (χ1n) is 6.90. The molecule has 0 saturated heterocycles. The van der Waals surface area contributed by atoms with E-state index in [1.54, 1.807) is 60.7 Å². The summed E-state index contributed by atoms with van der Waals surface area (Å²) in [6, 6.07) is 17.0. The number of aliphatic carboxylic acids is 1. The van der Waals surface area contributed by atoms with Gasteiger partial charge < -0.3 is 5.11 Å². The summed E-state index contributed by atoms with van der Waals surface area (Å²) < 4.78 is 0. The Morgan fingerprint density at radius 1 is 0.864 bits per heavy atom. The van der Waals surface area contributed by atoms with Gasteiger partial charge in [-0.1, -0.05) is 60.7 Å². The minimum Gasteiger partial charge on any atom is -0.481 e. The van der Waals surface area contributed by atoms with Crippen LogP contribution in [0.15, 0.2) is 60.7 Å². The molecule has 0 amide bonds. The van der Waals surface area contributed by atoms with Crippen molar-refractivity contribution in [3.05, 3.63) is 71.8 Å². The lowest BCUT2D eigenvalue weighted by molar-refractivity contribution is -0.146. The maximum Gasteiger partial charge on any atom is 0.315 e. The molecule has 0 heterocycles. The highest BCUT2D eigenvalue weighted by Gasteiger charge is 2.38.